The lowest BCUT2D eigenvalue weighted by Gasteiger charge is -2.19. The van der Waals surface area contributed by atoms with Crippen LogP contribution in [0.5, 0.6) is 0 Å². The molecule has 0 saturated carbocycles. The van der Waals surface area contributed by atoms with Gasteiger partial charge in [0, 0.05) is 5.69 Å². The van der Waals surface area contributed by atoms with Crippen molar-refractivity contribution in [2.24, 2.45) is 5.73 Å². The van der Waals surface area contributed by atoms with Gasteiger partial charge in [-0.1, -0.05) is 19.1 Å². The molecule has 1 amide bonds. The van der Waals surface area contributed by atoms with Crippen LogP contribution in [-0.4, -0.2) is 5.91 Å². The van der Waals surface area contributed by atoms with Crippen LogP contribution in [0.15, 0.2) is 42.5 Å². The van der Waals surface area contributed by atoms with E-state index in [0.29, 0.717) is 12.1 Å². The highest BCUT2D eigenvalue weighted by molar-refractivity contribution is 5.94. The number of amides is 1. The lowest BCUT2D eigenvalue weighted by atomic mass is 10.0. The first-order valence-electron chi connectivity index (χ1n) is 6.62. The Labute approximate surface area is 121 Å². The summed E-state index contributed by atoms with van der Waals surface area (Å²) in [5.74, 6) is -1.80. The smallest absolute Gasteiger partial charge is 0.251 e. The first-order chi connectivity index (χ1) is 10.0. The normalized spacial score (nSPS) is 12.0. The number of nitrogens with two attached hydrogens (primary N) is 1. The predicted octanol–water partition coefficient (Wildman–Crippen LogP) is 3.63. The van der Waals surface area contributed by atoms with Crippen molar-refractivity contribution in [3.63, 3.8) is 0 Å². The van der Waals surface area contributed by atoms with Gasteiger partial charge in [0.05, 0.1) is 11.6 Å². The van der Waals surface area contributed by atoms with E-state index in [0.717, 1.165) is 5.56 Å². The molecule has 0 radical (unpaired) electrons. The minimum Gasteiger partial charge on any atom is -0.378 e. The number of halogens is 2. The Morgan fingerprint density at radius 1 is 1.24 bits per heavy atom. The van der Waals surface area contributed by atoms with Gasteiger partial charge >= 0.3 is 0 Å². The second-order valence-corrected chi connectivity index (χ2v) is 4.72. The highest BCUT2D eigenvalue weighted by atomic mass is 19.1. The summed E-state index contributed by atoms with van der Waals surface area (Å²) in [6.07, 6.45) is 0.701. The fourth-order valence-corrected chi connectivity index (χ4v) is 2.15. The fraction of sp³-hybridized carbons (Fsp3) is 0.188. The van der Waals surface area contributed by atoms with Crippen LogP contribution < -0.4 is 11.1 Å². The van der Waals surface area contributed by atoms with Crippen LogP contribution in [0.4, 0.5) is 14.5 Å². The van der Waals surface area contributed by atoms with Gasteiger partial charge < -0.3 is 11.1 Å². The second-order valence-electron chi connectivity index (χ2n) is 4.72. The first-order valence-corrected chi connectivity index (χ1v) is 6.62. The van der Waals surface area contributed by atoms with Crippen molar-refractivity contribution in [2.75, 3.05) is 5.32 Å². The maximum Gasteiger partial charge on any atom is 0.251 e. The van der Waals surface area contributed by atoms with Crippen LogP contribution in [0, 0.1) is 11.6 Å². The molecule has 0 aliphatic heterocycles. The average molecular weight is 290 g/mol. The highest BCUT2D eigenvalue weighted by Crippen LogP contribution is 2.24. The van der Waals surface area contributed by atoms with Gasteiger partial charge in [-0.3, -0.25) is 4.79 Å². The van der Waals surface area contributed by atoms with E-state index in [2.05, 4.69) is 5.32 Å². The molecule has 0 heterocycles. The third-order valence-electron chi connectivity index (χ3n) is 3.23. The summed E-state index contributed by atoms with van der Waals surface area (Å²) < 4.78 is 26.7. The number of anilines is 1. The summed E-state index contributed by atoms with van der Waals surface area (Å²) in [7, 11) is 0. The van der Waals surface area contributed by atoms with Gasteiger partial charge in [0.25, 0.3) is 5.91 Å². The lowest BCUT2D eigenvalue weighted by Crippen LogP contribution is -2.15. The van der Waals surface area contributed by atoms with Gasteiger partial charge in [0.2, 0.25) is 0 Å². The molecule has 0 spiro atoms. The quantitative estimate of drug-likeness (QED) is 0.883. The molecule has 5 heteroatoms. The lowest BCUT2D eigenvalue weighted by molar-refractivity contribution is 0.0996. The Hall–Kier alpha value is -2.43. The van der Waals surface area contributed by atoms with Crippen LogP contribution in [0.1, 0.15) is 35.3 Å². The van der Waals surface area contributed by atoms with Gasteiger partial charge in [-0.2, -0.15) is 0 Å². The van der Waals surface area contributed by atoms with E-state index in [1.807, 2.05) is 13.0 Å². The van der Waals surface area contributed by atoms with Gasteiger partial charge in [-0.05, 0) is 42.3 Å². The molecule has 1 atom stereocenters. The summed E-state index contributed by atoms with van der Waals surface area (Å²) >= 11 is 0. The number of hydrogen-bond donors (Lipinski definition) is 2. The van der Waals surface area contributed by atoms with Gasteiger partial charge in [-0.15, -0.1) is 0 Å². The Balaban J connectivity index is 2.27. The molecule has 110 valence electrons. The molecule has 3 nitrogen and oxygen atoms in total. The maximum atomic E-state index is 13.4. The van der Waals surface area contributed by atoms with E-state index < -0.39 is 11.7 Å². The van der Waals surface area contributed by atoms with E-state index in [-0.39, 0.29) is 17.4 Å². The van der Waals surface area contributed by atoms with Gasteiger partial charge in [0.15, 0.2) is 0 Å². The largest absolute Gasteiger partial charge is 0.378 e. The van der Waals surface area contributed by atoms with Crippen molar-refractivity contribution in [3.8, 4) is 0 Å². The van der Waals surface area contributed by atoms with Crippen molar-refractivity contribution < 1.29 is 13.6 Å². The van der Waals surface area contributed by atoms with Crippen molar-refractivity contribution in [3.05, 3.63) is 65.2 Å². The number of benzene rings is 2. The second kappa shape index (κ2) is 6.35. The molecule has 0 bridgehead atoms. The Morgan fingerprint density at radius 3 is 2.62 bits per heavy atom. The zero-order chi connectivity index (χ0) is 15.4. The SMILES string of the molecule is CCC(Nc1ccc(F)c(C(N)=O)c1)c1cccc(F)c1. The predicted molar refractivity (Wildman–Crippen MR) is 78.0 cm³/mol. The van der Waals surface area contributed by atoms with Crippen molar-refractivity contribution in [1.29, 1.82) is 0 Å². The Bertz CT molecular complexity index is 658. The van der Waals surface area contributed by atoms with E-state index in [1.54, 1.807) is 6.07 Å². The summed E-state index contributed by atoms with van der Waals surface area (Å²) in [5.41, 5.74) is 6.29. The van der Waals surface area contributed by atoms with Crippen LogP contribution >= 0.6 is 0 Å². The highest BCUT2D eigenvalue weighted by Gasteiger charge is 2.13. The summed E-state index contributed by atoms with van der Waals surface area (Å²) in [6.45, 7) is 1.95. The first kappa shape index (κ1) is 15.0. The van der Waals surface area contributed by atoms with Crippen LogP contribution in [0.3, 0.4) is 0 Å². The van der Waals surface area contributed by atoms with Crippen molar-refractivity contribution in [1.82, 2.24) is 0 Å². The average Bonchev–Trinajstić information content (AvgIpc) is 2.46. The molecule has 0 fully saturated rings. The Morgan fingerprint density at radius 2 is 2.00 bits per heavy atom. The molecular weight excluding hydrogens is 274 g/mol. The van der Waals surface area contributed by atoms with Crippen LogP contribution in [0.25, 0.3) is 0 Å². The van der Waals surface area contributed by atoms with Gasteiger partial charge in [-0.25, -0.2) is 8.78 Å². The molecular formula is C16H16F2N2O. The van der Waals surface area contributed by atoms with E-state index >= 15 is 0 Å². The minimum atomic E-state index is -0.824. The fourth-order valence-electron chi connectivity index (χ4n) is 2.15. The number of primary amides is 1. The van der Waals surface area contributed by atoms with Crippen molar-refractivity contribution >= 4 is 11.6 Å². The molecule has 2 aromatic carbocycles. The van der Waals surface area contributed by atoms with Gasteiger partial charge in [0.1, 0.15) is 11.6 Å². The molecule has 3 N–H and O–H groups in total. The molecule has 0 aliphatic carbocycles. The molecule has 21 heavy (non-hydrogen) atoms. The standard InChI is InChI=1S/C16H16F2N2O/c1-2-15(10-4-3-5-11(17)8-10)20-12-6-7-14(18)13(9-12)16(19)21/h3-9,15,20H,2H2,1H3,(H2,19,21). The van der Waals surface area contributed by atoms with E-state index in [4.69, 9.17) is 5.73 Å². The monoisotopic (exact) mass is 290 g/mol. The summed E-state index contributed by atoms with van der Waals surface area (Å²) in [5, 5.41) is 3.15. The molecule has 2 rings (SSSR count). The van der Waals surface area contributed by atoms with Crippen LogP contribution in [0.2, 0.25) is 0 Å². The molecule has 2 aromatic rings. The third kappa shape index (κ3) is 3.56. The third-order valence-corrected chi connectivity index (χ3v) is 3.23. The molecule has 0 saturated heterocycles. The van der Waals surface area contributed by atoms with E-state index in [1.165, 1.54) is 30.3 Å². The van der Waals surface area contributed by atoms with E-state index in [9.17, 15) is 13.6 Å². The summed E-state index contributed by atoms with van der Waals surface area (Å²) in [6, 6.07) is 10.2. The topological polar surface area (TPSA) is 55.1 Å². The number of rotatable bonds is 5. The summed E-state index contributed by atoms with van der Waals surface area (Å²) in [4.78, 5) is 11.1. The molecule has 0 aromatic heterocycles. The van der Waals surface area contributed by atoms with Crippen LogP contribution in [-0.2, 0) is 0 Å². The number of carbonyl (C=O) groups excluding carboxylic acids is 1. The number of carbonyl (C=O) groups is 1. The maximum absolute atomic E-state index is 13.4. The Kier molecular flexibility index (Phi) is 4.52. The molecule has 0 aliphatic rings. The number of hydrogen-bond acceptors (Lipinski definition) is 2. The zero-order valence-electron chi connectivity index (χ0n) is 11.6. The molecule has 1 unspecified atom stereocenters. The van der Waals surface area contributed by atoms with Crippen molar-refractivity contribution in [2.45, 2.75) is 19.4 Å². The zero-order valence-corrected chi connectivity index (χ0v) is 11.6. The number of nitrogens with one attached hydrogen (secondary N) is 1. The minimum absolute atomic E-state index is 0.146.